The van der Waals surface area contributed by atoms with Crippen molar-refractivity contribution in [1.82, 2.24) is 14.1 Å². The number of hydrogen-bond acceptors (Lipinski definition) is 5. The van der Waals surface area contributed by atoms with E-state index < -0.39 is 10.0 Å². The Kier molecular flexibility index (Phi) is 5.05. The van der Waals surface area contributed by atoms with Gasteiger partial charge in [0.2, 0.25) is 5.91 Å². The van der Waals surface area contributed by atoms with E-state index in [2.05, 4.69) is 11.9 Å². The average Bonchev–Trinajstić information content (AvgIpc) is 3.10. The molecule has 0 aliphatic carbocycles. The molecule has 0 unspecified atom stereocenters. The van der Waals surface area contributed by atoms with Crippen LogP contribution < -0.4 is 0 Å². The lowest BCUT2D eigenvalue weighted by atomic mass is 9.98. The lowest BCUT2D eigenvalue weighted by Crippen LogP contribution is -2.52. The number of carbonyl (C=O) groups is 1. The molecule has 3 rings (SSSR count). The second-order valence-corrected chi connectivity index (χ2v) is 9.38. The van der Waals surface area contributed by atoms with Crippen LogP contribution in [0.4, 0.5) is 0 Å². The van der Waals surface area contributed by atoms with Gasteiger partial charge >= 0.3 is 0 Å². The number of piperidine rings is 1. The first kappa shape index (κ1) is 16.9. The highest BCUT2D eigenvalue weighted by Gasteiger charge is 2.35. The Morgan fingerprint density at radius 1 is 1.22 bits per heavy atom. The quantitative estimate of drug-likeness (QED) is 0.807. The predicted molar refractivity (Wildman–Crippen MR) is 89.9 cm³/mol. The van der Waals surface area contributed by atoms with Crippen molar-refractivity contribution in [2.75, 3.05) is 46.3 Å². The SMILES string of the molecule is CN1CCN(C(=O)[C@H]2CCCN(S(=O)(=O)c3cccs3)C2)CC1. The van der Waals surface area contributed by atoms with Crippen LogP contribution in [0.1, 0.15) is 12.8 Å². The molecule has 2 fully saturated rings. The van der Waals surface area contributed by atoms with Gasteiger partial charge in [0.05, 0.1) is 5.92 Å². The van der Waals surface area contributed by atoms with E-state index in [0.29, 0.717) is 17.3 Å². The number of thiophene rings is 1. The number of sulfonamides is 1. The fraction of sp³-hybridized carbons (Fsp3) is 0.667. The van der Waals surface area contributed by atoms with Crippen LogP contribution in [-0.2, 0) is 14.8 Å². The molecular weight excluding hydrogens is 334 g/mol. The second kappa shape index (κ2) is 6.88. The number of amides is 1. The molecule has 128 valence electrons. The van der Waals surface area contributed by atoms with Crippen LogP contribution >= 0.6 is 11.3 Å². The molecule has 0 radical (unpaired) electrons. The van der Waals surface area contributed by atoms with Gasteiger partial charge in [0.15, 0.2) is 0 Å². The van der Waals surface area contributed by atoms with Gasteiger partial charge in [-0.05, 0) is 31.3 Å². The molecule has 0 bridgehead atoms. The topological polar surface area (TPSA) is 60.9 Å². The van der Waals surface area contributed by atoms with Crippen molar-refractivity contribution in [2.24, 2.45) is 5.92 Å². The van der Waals surface area contributed by atoms with Crippen LogP contribution in [-0.4, -0.2) is 74.7 Å². The van der Waals surface area contributed by atoms with Crippen molar-refractivity contribution < 1.29 is 13.2 Å². The van der Waals surface area contributed by atoms with Gasteiger partial charge in [-0.15, -0.1) is 11.3 Å². The number of carbonyl (C=O) groups excluding carboxylic acids is 1. The van der Waals surface area contributed by atoms with E-state index in [4.69, 9.17) is 0 Å². The van der Waals surface area contributed by atoms with E-state index in [0.717, 1.165) is 39.0 Å². The number of piperazine rings is 1. The second-order valence-electron chi connectivity index (χ2n) is 6.26. The van der Waals surface area contributed by atoms with Gasteiger partial charge < -0.3 is 9.80 Å². The van der Waals surface area contributed by atoms with Crippen molar-refractivity contribution in [3.8, 4) is 0 Å². The van der Waals surface area contributed by atoms with Gasteiger partial charge in [0.1, 0.15) is 4.21 Å². The zero-order chi connectivity index (χ0) is 16.4. The van der Waals surface area contributed by atoms with Crippen LogP contribution in [0.2, 0.25) is 0 Å². The van der Waals surface area contributed by atoms with E-state index in [1.54, 1.807) is 17.5 Å². The van der Waals surface area contributed by atoms with E-state index in [-0.39, 0.29) is 11.8 Å². The molecule has 0 spiro atoms. The Labute approximate surface area is 141 Å². The lowest BCUT2D eigenvalue weighted by Gasteiger charge is -2.37. The maximum atomic E-state index is 12.7. The Balaban J connectivity index is 1.67. The van der Waals surface area contributed by atoms with E-state index in [1.165, 1.54) is 15.6 Å². The first-order valence-electron chi connectivity index (χ1n) is 7.99. The zero-order valence-corrected chi connectivity index (χ0v) is 15.0. The van der Waals surface area contributed by atoms with Crippen LogP contribution in [0.5, 0.6) is 0 Å². The molecule has 1 aromatic rings. The Morgan fingerprint density at radius 2 is 1.96 bits per heavy atom. The highest BCUT2D eigenvalue weighted by atomic mass is 32.2. The summed E-state index contributed by atoms with van der Waals surface area (Å²) in [5.41, 5.74) is 0. The molecule has 2 aliphatic heterocycles. The fourth-order valence-electron chi connectivity index (χ4n) is 3.18. The molecule has 0 N–H and O–H groups in total. The molecule has 3 heterocycles. The minimum Gasteiger partial charge on any atom is -0.340 e. The summed E-state index contributed by atoms with van der Waals surface area (Å²) in [4.78, 5) is 16.8. The number of likely N-dealkylation sites (N-methyl/N-ethyl adjacent to an activating group) is 1. The summed E-state index contributed by atoms with van der Waals surface area (Å²) >= 11 is 1.23. The highest BCUT2D eigenvalue weighted by molar-refractivity contribution is 7.91. The molecule has 8 heteroatoms. The molecule has 1 aromatic heterocycles. The third-order valence-corrected chi connectivity index (χ3v) is 7.88. The number of rotatable bonds is 3. The third-order valence-electron chi connectivity index (χ3n) is 4.64. The minimum atomic E-state index is -3.45. The maximum absolute atomic E-state index is 12.7. The molecule has 2 aliphatic rings. The maximum Gasteiger partial charge on any atom is 0.252 e. The van der Waals surface area contributed by atoms with Gasteiger partial charge in [-0.1, -0.05) is 6.07 Å². The van der Waals surface area contributed by atoms with Gasteiger partial charge in [-0.2, -0.15) is 4.31 Å². The summed E-state index contributed by atoms with van der Waals surface area (Å²) in [5.74, 6) is -0.0916. The van der Waals surface area contributed by atoms with Gasteiger partial charge in [0, 0.05) is 39.3 Å². The van der Waals surface area contributed by atoms with Crippen LogP contribution in [0.25, 0.3) is 0 Å². The van der Waals surface area contributed by atoms with Crippen molar-refractivity contribution in [2.45, 2.75) is 17.1 Å². The summed E-state index contributed by atoms with van der Waals surface area (Å²) in [6.07, 6.45) is 1.52. The predicted octanol–water partition coefficient (Wildman–Crippen LogP) is 0.923. The van der Waals surface area contributed by atoms with Crippen LogP contribution in [0.15, 0.2) is 21.7 Å². The molecule has 2 saturated heterocycles. The Morgan fingerprint density at radius 3 is 2.61 bits per heavy atom. The van der Waals surface area contributed by atoms with E-state index in [9.17, 15) is 13.2 Å². The summed E-state index contributed by atoms with van der Waals surface area (Å²) in [6.45, 7) is 4.07. The minimum absolute atomic E-state index is 0.115. The molecule has 6 nitrogen and oxygen atoms in total. The summed E-state index contributed by atoms with van der Waals surface area (Å²) in [6, 6.07) is 3.38. The molecular formula is C15H23N3O3S2. The van der Waals surface area contributed by atoms with Crippen LogP contribution in [0.3, 0.4) is 0 Å². The van der Waals surface area contributed by atoms with Gasteiger partial charge in [-0.3, -0.25) is 4.79 Å². The molecule has 0 aromatic carbocycles. The number of nitrogens with zero attached hydrogens (tertiary/aromatic N) is 3. The Bertz CT molecular complexity index is 637. The lowest BCUT2D eigenvalue weighted by molar-refractivity contribution is -0.138. The van der Waals surface area contributed by atoms with Crippen molar-refractivity contribution in [3.05, 3.63) is 17.5 Å². The van der Waals surface area contributed by atoms with Crippen molar-refractivity contribution in [3.63, 3.8) is 0 Å². The normalized spacial score (nSPS) is 24.7. The average molecular weight is 358 g/mol. The van der Waals surface area contributed by atoms with Gasteiger partial charge in [-0.25, -0.2) is 8.42 Å². The van der Waals surface area contributed by atoms with Gasteiger partial charge in [0.25, 0.3) is 10.0 Å². The molecule has 1 atom stereocenters. The van der Waals surface area contributed by atoms with Crippen molar-refractivity contribution in [1.29, 1.82) is 0 Å². The molecule has 23 heavy (non-hydrogen) atoms. The van der Waals surface area contributed by atoms with Crippen molar-refractivity contribution >= 4 is 27.3 Å². The monoisotopic (exact) mass is 357 g/mol. The highest BCUT2D eigenvalue weighted by Crippen LogP contribution is 2.27. The summed E-state index contributed by atoms with van der Waals surface area (Å²) < 4.78 is 27.1. The zero-order valence-electron chi connectivity index (χ0n) is 13.3. The van der Waals surface area contributed by atoms with E-state index >= 15 is 0 Å². The Hall–Kier alpha value is -0.960. The third kappa shape index (κ3) is 3.60. The summed E-state index contributed by atoms with van der Waals surface area (Å²) in [5, 5.41) is 1.77. The fourth-order valence-corrected chi connectivity index (χ4v) is 5.85. The number of hydrogen-bond donors (Lipinski definition) is 0. The van der Waals surface area contributed by atoms with E-state index in [1.807, 2.05) is 4.90 Å². The molecule has 1 amide bonds. The first-order chi connectivity index (χ1) is 11.0. The summed E-state index contributed by atoms with van der Waals surface area (Å²) in [7, 11) is -1.40. The van der Waals surface area contributed by atoms with Crippen LogP contribution in [0, 0.1) is 5.92 Å². The first-order valence-corrected chi connectivity index (χ1v) is 10.3. The smallest absolute Gasteiger partial charge is 0.252 e. The molecule has 0 saturated carbocycles. The standard InChI is InChI=1S/C15H23N3O3S2/c1-16-7-9-17(10-8-16)15(19)13-4-2-6-18(12-13)23(20,21)14-5-3-11-22-14/h3,5,11,13H,2,4,6-10,12H2,1H3/t13-/m0/s1. The largest absolute Gasteiger partial charge is 0.340 e.